The van der Waals surface area contributed by atoms with Gasteiger partial charge in [-0.05, 0) is 36.6 Å². The molecule has 4 rings (SSSR count). The average molecular weight is 428 g/mol. The van der Waals surface area contributed by atoms with Gasteiger partial charge in [0.15, 0.2) is 5.82 Å². The van der Waals surface area contributed by atoms with Crippen LogP contribution in [0.25, 0.3) is 5.82 Å². The molecule has 1 fully saturated rings. The van der Waals surface area contributed by atoms with Crippen LogP contribution in [0.3, 0.4) is 0 Å². The maximum atomic E-state index is 13.1. The maximum absolute atomic E-state index is 13.1. The number of aromatic nitrogens is 4. The van der Waals surface area contributed by atoms with E-state index in [-0.39, 0.29) is 16.5 Å². The second kappa shape index (κ2) is 8.53. The molecular formula is C21H25N5O3S. The molecule has 3 aromatic rings. The first-order chi connectivity index (χ1) is 14.5. The van der Waals surface area contributed by atoms with Gasteiger partial charge in [-0.25, -0.2) is 18.1 Å². The van der Waals surface area contributed by atoms with Gasteiger partial charge in [0.25, 0.3) is 5.56 Å². The summed E-state index contributed by atoms with van der Waals surface area (Å²) in [6, 6.07) is 6.86. The zero-order chi connectivity index (χ0) is 21.1. The minimum Gasteiger partial charge on any atom is -0.296 e. The Morgan fingerprint density at radius 2 is 2.00 bits per heavy atom. The Hall–Kier alpha value is -2.78. The van der Waals surface area contributed by atoms with Crippen molar-refractivity contribution in [2.75, 3.05) is 6.54 Å². The van der Waals surface area contributed by atoms with E-state index in [0.29, 0.717) is 24.3 Å². The lowest BCUT2D eigenvalue weighted by Gasteiger charge is -2.26. The van der Waals surface area contributed by atoms with Crippen LogP contribution in [0.1, 0.15) is 43.7 Å². The molecule has 1 aliphatic rings. The highest BCUT2D eigenvalue weighted by Gasteiger charge is 2.32. The quantitative estimate of drug-likeness (QED) is 0.624. The van der Waals surface area contributed by atoms with Crippen molar-refractivity contribution in [2.45, 2.75) is 50.0 Å². The lowest BCUT2D eigenvalue weighted by Crippen LogP contribution is -2.38. The molecule has 0 amide bonds. The standard InChI is InChI=1S/C21H25N5O3S/c1-2-25(18-7-3-4-8-18)30(28,29)19-9-10-20(23-15-19)26-21(27)17(14-24-26)12-16-6-5-11-22-13-16/h5-6,9-11,13-15,18,24H,2-4,7-8,12H2,1H3. The predicted molar refractivity (Wildman–Crippen MR) is 113 cm³/mol. The maximum Gasteiger partial charge on any atom is 0.276 e. The number of hydrogen-bond acceptors (Lipinski definition) is 5. The fourth-order valence-electron chi connectivity index (χ4n) is 4.04. The van der Waals surface area contributed by atoms with Gasteiger partial charge in [0, 0.05) is 49.4 Å². The molecular weight excluding hydrogens is 402 g/mol. The molecule has 0 radical (unpaired) electrons. The van der Waals surface area contributed by atoms with E-state index in [1.54, 1.807) is 29.0 Å². The molecule has 0 aliphatic heterocycles. The summed E-state index contributed by atoms with van der Waals surface area (Å²) in [6.07, 6.45) is 10.7. The van der Waals surface area contributed by atoms with E-state index < -0.39 is 10.0 Å². The Morgan fingerprint density at radius 3 is 2.63 bits per heavy atom. The van der Waals surface area contributed by atoms with Crippen LogP contribution in [0.5, 0.6) is 0 Å². The number of H-pyrrole nitrogens is 1. The molecule has 1 N–H and O–H groups in total. The van der Waals surface area contributed by atoms with Gasteiger partial charge in [-0.2, -0.15) is 4.31 Å². The molecule has 0 aromatic carbocycles. The Bertz CT molecular complexity index is 1150. The summed E-state index contributed by atoms with van der Waals surface area (Å²) in [5.74, 6) is 0.348. The monoisotopic (exact) mass is 427 g/mol. The summed E-state index contributed by atoms with van der Waals surface area (Å²) >= 11 is 0. The summed E-state index contributed by atoms with van der Waals surface area (Å²) in [6.45, 7) is 2.29. The van der Waals surface area contributed by atoms with E-state index in [2.05, 4.69) is 15.1 Å². The first kappa shape index (κ1) is 20.5. The van der Waals surface area contributed by atoms with Gasteiger partial charge in [-0.3, -0.25) is 14.9 Å². The van der Waals surface area contributed by atoms with Crippen LogP contribution in [0.2, 0.25) is 0 Å². The molecule has 0 saturated heterocycles. The summed E-state index contributed by atoms with van der Waals surface area (Å²) in [5, 5.41) is 2.91. The first-order valence-electron chi connectivity index (χ1n) is 10.2. The molecule has 8 nitrogen and oxygen atoms in total. The van der Waals surface area contributed by atoms with Gasteiger partial charge in [-0.15, -0.1) is 0 Å². The van der Waals surface area contributed by atoms with E-state index in [9.17, 15) is 13.2 Å². The van der Waals surface area contributed by atoms with Crippen LogP contribution < -0.4 is 5.56 Å². The molecule has 3 aromatic heterocycles. The Morgan fingerprint density at radius 1 is 1.20 bits per heavy atom. The van der Waals surface area contributed by atoms with Crippen molar-refractivity contribution in [2.24, 2.45) is 0 Å². The fourth-order valence-corrected chi connectivity index (χ4v) is 5.68. The van der Waals surface area contributed by atoms with E-state index in [0.717, 1.165) is 31.2 Å². The largest absolute Gasteiger partial charge is 0.296 e. The third-order valence-electron chi connectivity index (χ3n) is 5.56. The second-order valence-electron chi connectivity index (χ2n) is 7.48. The van der Waals surface area contributed by atoms with Gasteiger partial charge < -0.3 is 0 Å². The van der Waals surface area contributed by atoms with Gasteiger partial charge in [0.2, 0.25) is 10.0 Å². The van der Waals surface area contributed by atoms with Crippen molar-refractivity contribution in [1.29, 1.82) is 0 Å². The number of sulfonamides is 1. The first-order valence-corrected chi connectivity index (χ1v) is 11.6. The number of pyridine rings is 2. The normalized spacial score (nSPS) is 15.1. The molecule has 0 atom stereocenters. The molecule has 3 heterocycles. The number of rotatable bonds is 7. The van der Waals surface area contributed by atoms with Crippen LogP contribution in [0.4, 0.5) is 0 Å². The number of nitrogens with zero attached hydrogens (tertiary/aromatic N) is 4. The highest BCUT2D eigenvalue weighted by atomic mass is 32.2. The van der Waals surface area contributed by atoms with Crippen LogP contribution in [-0.4, -0.2) is 45.1 Å². The average Bonchev–Trinajstić information content (AvgIpc) is 3.40. The van der Waals surface area contributed by atoms with E-state index in [1.807, 2.05) is 19.1 Å². The predicted octanol–water partition coefficient (Wildman–Crippen LogP) is 2.50. The van der Waals surface area contributed by atoms with Crippen molar-refractivity contribution < 1.29 is 8.42 Å². The van der Waals surface area contributed by atoms with Crippen LogP contribution in [-0.2, 0) is 16.4 Å². The van der Waals surface area contributed by atoms with Crippen molar-refractivity contribution >= 4 is 10.0 Å². The lowest BCUT2D eigenvalue weighted by molar-refractivity contribution is 0.335. The lowest BCUT2D eigenvalue weighted by atomic mass is 10.1. The Balaban J connectivity index is 1.57. The van der Waals surface area contributed by atoms with Crippen molar-refractivity contribution in [1.82, 2.24) is 24.1 Å². The van der Waals surface area contributed by atoms with E-state index in [1.165, 1.54) is 16.9 Å². The van der Waals surface area contributed by atoms with E-state index >= 15 is 0 Å². The molecule has 0 unspecified atom stereocenters. The van der Waals surface area contributed by atoms with Gasteiger partial charge >= 0.3 is 0 Å². The Kier molecular flexibility index (Phi) is 5.83. The third-order valence-corrected chi connectivity index (χ3v) is 7.57. The minimum absolute atomic E-state index is 0.0562. The van der Waals surface area contributed by atoms with E-state index in [4.69, 9.17) is 0 Å². The third kappa shape index (κ3) is 3.95. The molecule has 158 valence electrons. The zero-order valence-electron chi connectivity index (χ0n) is 16.9. The van der Waals surface area contributed by atoms with Crippen molar-refractivity contribution in [3.63, 3.8) is 0 Å². The van der Waals surface area contributed by atoms with Gasteiger partial charge in [0.05, 0.1) is 0 Å². The molecule has 0 bridgehead atoms. The van der Waals surface area contributed by atoms with Crippen LogP contribution >= 0.6 is 0 Å². The molecule has 1 aliphatic carbocycles. The van der Waals surface area contributed by atoms with Gasteiger partial charge in [-0.1, -0.05) is 25.8 Å². The molecule has 0 spiro atoms. The highest BCUT2D eigenvalue weighted by Crippen LogP contribution is 2.28. The molecule has 1 saturated carbocycles. The number of nitrogens with one attached hydrogen (secondary N) is 1. The summed E-state index contributed by atoms with van der Waals surface area (Å²) in [4.78, 5) is 21.2. The smallest absolute Gasteiger partial charge is 0.276 e. The van der Waals surface area contributed by atoms with Crippen LogP contribution in [0.15, 0.2) is 58.7 Å². The minimum atomic E-state index is -3.61. The fraction of sp³-hybridized carbons (Fsp3) is 0.381. The zero-order valence-corrected chi connectivity index (χ0v) is 17.7. The van der Waals surface area contributed by atoms with Crippen molar-refractivity contribution in [3.8, 4) is 5.82 Å². The molecule has 30 heavy (non-hydrogen) atoms. The van der Waals surface area contributed by atoms with Gasteiger partial charge in [0.1, 0.15) is 4.90 Å². The topological polar surface area (TPSA) is 101 Å². The van der Waals surface area contributed by atoms with Crippen LogP contribution in [0, 0.1) is 0 Å². The molecule has 9 heteroatoms. The number of aromatic amines is 1. The van der Waals surface area contributed by atoms with Crippen molar-refractivity contribution in [3.05, 3.63) is 70.5 Å². The summed E-state index contributed by atoms with van der Waals surface area (Å²) in [7, 11) is -3.61. The highest BCUT2D eigenvalue weighted by molar-refractivity contribution is 7.89. The number of hydrogen-bond donors (Lipinski definition) is 1. The Labute approximate surface area is 175 Å². The SMILES string of the molecule is CCN(C1CCCC1)S(=O)(=O)c1ccc(-n2[nH]cc(Cc3cccnc3)c2=O)nc1. The summed E-state index contributed by atoms with van der Waals surface area (Å²) < 4.78 is 29.0. The second-order valence-corrected chi connectivity index (χ2v) is 9.37. The summed E-state index contributed by atoms with van der Waals surface area (Å²) in [5.41, 5.74) is 1.30.